The summed E-state index contributed by atoms with van der Waals surface area (Å²) in [5, 5.41) is 29.5. The van der Waals surface area contributed by atoms with E-state index in [0.29, 0.717) is 31.1 Å². The molecular weight excluding hydrogens is 360 g/mol. The highest BCUT2D eigenvalue weighted by Crippen LogP contribution is 2.53. The summed E-state index contributed by atoms with van der Waals surface area (Å²) in [6.45, 7) is 3.62. The average Bonchev–Trinajstić information content (AvgIpc) is 3.00. The van der Waals surface area contributed by atoms with Gasteiger partial charge in [-0.15, -0.1) is 11.8 Å². The Hall–Kier alpha value is -1.08. The molecule has 3 aliphatic rings. The Labute approximate surface area is 177 Å². The normalized spacial score (nSPS) is 35.8. The van der Waals surface area contributed by atoms with Gasteiger partial charge in [-0.05, 0) is 95.8 Å². The van der Waals surface area contributed by atoms with Crippen molar-refractivity contribution in [2.45, 2.75) is 115 Å². The Kier molecular flexibility index (Phi) is 7.65. The highest BCUT2D eigenvalue weighted by molar-refractivity contribution is 5.23. The number of aliphatic hydroxyl groups is 3. The summed E-state index contributed by atoms with van der Waals surface area (Å²) in [4.78, 5) is 0. The van der Waals surface area contributed by atoms with Crippen LogP contribution in [0.5, 0.6) is 0 Å². The van der Waals surface area contributed by atoms with E-state index in [0.717, 1.165) is 12.3 Å². The molecule has 3 nitrogen and oxygen atoms in total. The van der Waals surface area contributed by atoms with E-state index in [1.165, 1.54) is 56.9 Å². The maximum Gasteiger partial charge on any atom is 0.0700 e. The molecule has 0 bridgehead atoms. The summed E-state index contributed by atoms with van der Waals surface area (Å²) in [5.74, 6) is 7.19. The summed E-state index contributed by atoms with van der Waals surface area (Å²) >= 11 is 0. The first-order chi connectivity index (χ1) is 13.7. The van der Waals surface area contributed by atoms with Crippen LogP contribution in [-0.4, -0.2) is 33.1 Å². The van der Waals surface area contributed by atoms with Crippen molar-refractivity contribution >= 4 is 0 Å². The Balaban J connectivity index is 1.50. The molecule has 0 amide bonds. The number of allylic oxidation sites excluding steroid dienone is 3. The van der Waals surface area contributed by atoms with Gasteiger partial charge in [0.2, 0.25) is 0 Å². The van der Waals surface area contributed by atoms with Crippen LogP contribution in [0.4, 0.5) is 0 Å². The fourth-order valence-corrected chi connectivity index (χ4v) is 5.64. The fraction of sp³-hybridized carbons (Fsp3) is 0.769. The topological polar surface area (TPSA) is 60.7 Å². The Morgan fingerprint density at radius 1 is 1.07 bits per heavy atom. The molecule has 162 valence electrons. The molecule has 0 aromatic heterocycles. The van der Waals surface area contributed by atoms with Crippen molar-refractivity contribution in [3.63, 3.8) is 0 Å². The lowest BCUT2D eigenvalue weighted by Gasteiger charge is -2.35. The van der Waals surface area contributed by atoms with Gasteiger partial charge in [0.25, 0.3) is 0 Å². The van der Waals surface area contributed by atoms with Gasteiger partial charge in [-0.25, -0.2) is 0 Å². The van der Waals surface area contributed by atoms with Crippen LogP contribution in [-0.2, 0) is 0 Å². The van der Waals surface area contributed by atoms with Crippen molar-refractivity contribution in [2.24, 2.45) is 11.3 Å². The molecule has 3 saturated carbocycles. The molecule has 0 aromatic rings. The minimum absolute atomic E-state index is 0.386. The van der Waals surface area contributed by atoms with Gasteiger partial charge < -0.3 is 15.3 Å². The van der Waals surface area contributed by atoms with Gasteiger partial charge in [0, 0.05) is 12.8 Å². The second-order valence-corrected chi connectivity index (χ2v) is 10.6. The third-order valence-electron chi connectivity index (χ3n) is 7.03. The van der Waals surface area contributed by atoms with E-state index in [-0.39, 0.29) is 12.2 Å². The number of aliphatic hydroxyl groups excluding tert-OH is 2. The standard InChI is InChI=1S/C26H40O3/c1-25(2,29)12-5-3-4-7-21-11-14-26(19-21)13-6-8-20(18-26)9-10-22-15-23(27)17-24(28)16-22/h9-10,21,23-24,27-29H,4,6-8,11-19H2,1-2H3/b20-9+,22-10?/t21-,23-,24+,26-/m1/s1. The zero-order valence-corrected chi connectivity index (χ0v) is 18.4. The predicted octanol–water partition coefficient (Wildman–Crippen LogP) is 5.05. The van der Waals surface area contributed by atoms with Gasteiger partial charge in [-0.1, -0.05) is 23.3 Å². The lowest BCUT2D eigenvalue weighted by Crippen LogP contribution is -2.24. The molecular formula is C26H40O3. The number of rotatable bonds is 4. The monoisotopic (exact) mass is 400 g/mol. The molecule has 0 aromatic carbocycles. The van der Waals surface area contributed by atoms with Crippen LogP contribution in [0.2, 0.25) is 0 Å². The van der Waals surface area contributed by atoms with Crippen LogP contribution in [0.15, 0.2) is 23.3 Å². The second-order valence-electron chi connectivity index (χ2n) is 10.6. The summed E-state index contributed by atoms with van der Waals surface area (Å²) in [5.41, 5.74) is 2.57. The number of hydrogen-bond donors (Lipinski definition) is 3. The molecule has 29 heavy (non-hydrogen) atoms. The van der Waals surface area contributed by atoms with E-state index in [2.05, 4.69) is 24.0 Å². The SMILES string of the molecule is CC(C)(O)CC#CCC[C@@H]1CC[C@@]2(CCC/C(=C\C=C3C[C@@H](O)C[C@@H](O)C3)C2)C1. The Bertz CT molecular complexity index is 660. The maximum atomic E-state index is 9.88. The molecule has 3 N–H and O–H groups in total. The highest BCUT2D eigenvalue weighted by Gasteiger charge is 2.40. The molecule has 0 saturated heterocycles. The van der Waals surface area contributed by atoms with E-state index in [1.54, 1.807) is 5.57 Å². The van der Waals surface area contributed by atoms with Crippen LogP contribution in [0.3, 0.4) is 0 Å². The third-order valence-corrected chi connectivity index (χ3v) is 7.03. The zero-order valence-electron chi connectivity index (χ0n) is 18.4. The van der Waals surface area contributed by atoms with Crippen LogP contribution in [0.25, 0.3) is 0 Å². The largest absolute Gasteiger partial charge is 0.393 e. The Morgan fingerprint density at radius 2 is 1.79 bits per heavy atom. The van der Waals surface area contributed by atoms with Gasteiger partial charge in [-0.2, -0.15) is 0 Å². The highest BCUT2D eigenvalue weighted by atomic mass is 16.3. The zero-order chi connectivity index (χ0) is 20.9. The van der Waals surface area contributed by atoms with Crippen LogP contribution in [0.1, 0.15) is 97.3 Å². The van der Waals surface area contributed by atoms with Gasteiger partial charge in [0.05, 0.1) is 17.8 Å². The molecule has 0 aliphatic heterocycles. The van der Waals surface area contributed by atoms with E-state index < -0.39 is 5.60 Å². The molecule has 3 fully saturated rings. The first kappa shape index (κ1) is 22.6. The van der Waals surface area contributed by atoms with Crippen molar-refractivity contribution in [3.05, 3.63) is 23.3 Å². The average molecular weight is 401 g/mol. The lowest BCUT2D eigenvalue weighted by atomic mass is 9.70. The molecule has 1 spiro atoms. The first-order valence-electron chi connectivity index (χ1n) is 11.6. The van der Waals surface area contributed by atoms with Crippen molar-refractivity contribution in [3.8, 4) is 11.8 Å². The smallest absolute Gasteiger partial charge is 0.0700 e. The fourth-order valence-electron chi connectivity index (χ4n) is 5.64. The minimum atomic E-state index is -0.682. The van der Waals surface area contributed by atoms with Crippen molar-refractivity contribution in [1.82, 2.24) is 0 Å². The van der Waals surface area contributed by atoms with Crippen molar-refractivity contribution < 1.29 is 15.3 Å². The second kappa shape index (κ2) is 9.82. The molecule has 3 rings (SSSR count). The van der Waals surface area contributed by atoms with Crippen LogP contribution >= 0.6 is 0 Å². The molecule has 3 aliphatic carbocycles. The lowest BCUT2D eigenvalue weighted by molar-refractivity contribution is 0.0609. The minimum Gasteiger partial charge on any atom is -0.393 e. The molecule has 0 heterocycles. The van der Waals surface area contributed by atoms with E-state index >= 15 is 0 Å². The molecule has 0 radical (unpaired) electrons. The summed E-state index contributed by atoms with van der Waals surface area (Å²) in [6.07, 6.45) is 17.4. The van der Waals surface area contributed by atoms with Gasteiger partial charge in [0.15, 0.2) is 0 Å². The maximum absolute atomic E-state index is 9.88. The molecule has 3 heteroatoms. The Morgan fingerprint density at radius 3 is 2.52 bits per heavy atom. The number of hydrogen-bond acceptors (Lipinski definition) is 3. The van der Waals surface area contributed by atoms with E-state index in [4.69, 9.17) is 0 Å². The van der Waals surface area contributed by atoms with Gasteiger partial charge in [0.1, 0.15) is 0 Å². The van der Waals surface area contributed by atoms with Crippen molar-refractivity contribution in [1.29, 1.82) is 0 Å². The summed E-state index contributed by atoms with van der Waals surface area (Å²) in [7, 11) is 0. The van der Waals surface area contributed by atoms with Gasteiger partial charge >= 0.3 is 0 Å². The van der Waals surface area contributed by atoms with Crippen molar-refractivity contribution in [2.75, 3.05) is 0 Å². The first-order valence-corrected chi connectivity index (χ1v) is 11.6. The molecule has 4 atom stereocenters. The predicted molar refractivity (Wildman–Crippen MR) is 118 cm³/mol. The summed E-state index contributed by atoms with van der Waals surface area (Å²) in [6, 6.07) is 0. The van der Waals surface area contributed by atoms with Crippen LogP contribution < -0.4 is 0 Å². The van der Waals surface area contributed by atoms with E-state index in [1.807, 2.05) is 13.8 Å². The third kappa shape index (κ3) is 7.28. The molecule has 0 unspecified atom stereocenters. The van der Waals surface area contributed by atoms with E-state index in [9.17, 15) is 15.3 Å². The quantitative estimate of drug-likeness (QED) is 0.579. The van der Waals surface area contributed by atoms with Crippen LogP contribution in [0, 0.1) is 23.2 Å². The summed E-state index contributed by atoms with van der Waals surface area (Å²) < 4.78 is 0. The van der Waals surface area contributed by atoms with Gasteiger partial charge in [-0.3, -0.25) is 0 Å².